The molecule has 1 amide bonds. The van der Waals surface area contributed by atoms with Crippen LogP contribution in [0.1, 0.15) is 11.1 Å². The summed E-state index contributed by atoms with van der Waals surface area (Å²) in [6, 6.07) is 10.8. The van der Waals surface area contributed by atoms with E-state index in [9.17, 15) is 14.9 Å². The molecule has 1 heterocycles. The normalized spacial score (nSPS) is 15.9. The van der Waals surface area contributed by atoms with Crippen LogP contribution in [0.5, 0.6) is 0 Å². The minimum atomic E-state index is -0.492. The summed E-state index contributed by atoms with van der Waals surface area (Å²) in [5.74, 6) is -0.404. The van der Waals surface area contributed by atoms with Crippen molar-refractivity contribution in [1.82, 2.24) is 5.01 Å². The van der Waals surface area contributed by atoms with Gasteiger partial charge in [0.15, 0.2) is 4.32 Å². The second-order valence-corrected chi connectivity index (χ2v) is 7.71. The number of hydrogen-bond donors (Lipinski definition) is 0. The number of halogens is 2. The third kappa shape index (κ3) is 4.36. The Morgan fingerprint density at radius 2 is 1.78 bits per heavy atom. The largest absolute Gasteiger partial charge is 0.286 e. The summed E-state index contributed by atoms with van der Waals surface area (Å²) in [4.78, 5) is 23.1. The van der Waals surface area contributed by atoms with E-state index < -0.39 is 10.8 Å². The van der Waals surface area contributed by atoms with Gasteiger partial charge in [0.25, 0.3) is 11.6 Å². The minimum Gasteiger partial charge on any atom is -0.266 e. The summed E-state index contributed by atoms with van der Waals surface area (Å²) in [5, 5.41) is 16.7. The fraction of sp³-hybridized carbons (Fsp3) is 0. The Balaban J connectivity index is 1.82. The van der Waals surface area contributed by atoms with Crippen LogP contribution in [0.25, 0.3) is 6.08 Å². The number of non-ortho nitro benzene ring substituents is 1. The van der Waals surface area contributed by atoms with Crippen LogP contribution >= 0.6 is 47.2 Å². The number of carbonyl (C=O) groups excluding carboxylic acids is 1. The molecule has 1 aliphatic heterocycles. The molecule has 1 fully saturated rings. The molecule has 0 atom stereocenters. The predicted octanol–water partition coefficient (Wildman–Crippen LogP) is 5.14. The molecule has 1 aliphatic rings. The highest BCUT2D eigenvalue weighted by Crippen LogP contribution is 2.35. The van der Waals surface area contributed by atoms with Crippen molar-refractivity contribution in [2.75, 3.05) is 0 Å². The predicted molar refractivity (Wildman–Crippen MR) is 112 cm³/mol. The lowest BCUT2D eigenvalue weighted by Gasteiger charge is -2.06. The molecular weight excluding hydrogens is 429 g/mol. The molecular formula is C17H9Cl2N3O3S2. The smallest absolute Gasteiger partial charge is 0.266 e. The van der Waals surface area contributed by atoms with Crippen molar-refractivity contribution >= 4 is 75.4 Å². The standard InChI is InChI=1S/C17H9Cl2N3O3S2/c18-13-2-1-3-14(19)12(13)8-15-16(23)21(17(26)27-15)20-9-10-4-6-11(7-5-10)22(24)25/h1-9H/b15-8+,20-9+. The quantitative estimate of drug-likeness (QED) is 0.217. The molecule has 136 valence electrons. The second kappa shape index (κ2) is 8.18. The number of thiocarbonyl (C=S) groups is 1. The average Bonchev–Trinajstić information content (AvgIpc) is 2.90. The first-order valence-electron chi connectivity index (χ1n) is 7.37. The van der Waals surface area contributed by atoms with Gasteiger partial charge in [0.05, 0.1) is 16.0 Å². The van der Waals surface area contributed by atoms with E-state index in [1.54, 1.807) is 24.3 Å². The van der Waals surface area contributed by atoms with Gasteiger partial charge < -0.3 is 0 Å². The average molecular weight is 438 g/mol. The molecule has 0 radical (unpaired) electrons. The van der Waals surface area contributed by atoms with E-state index in [0.717, 1.165) is 16.8 Å². The molecule has 6 nitrogen and oxygen atoms in total. The van der Waals surface area contributed by atoms with Crippen LogP contribution in [0.2, 0.25) is 10.0 Å². The summed E-state index contributed by atoms with van der Waals surface area (Å²) < 4.78 is 0.257. The van der Waals surface area contributed by atoms with Gasteiger partial charge in [-0.05, 0) is 48.1 Å². The maximum absolute atomic E-state index is 12.6. The molecule has 0 spiro atoms. The summed E-state index contributed by atoms with van der Waals surface area (Å²) in [6.45, 7) is 0. The molecule has 0 bridgehead atoms. The minimum absolute atomic E-state index is 0.0303. The Morgan fingerprint density at radius 3 is 2.37 bits per heavy atom. The monoisotopic (exact) mass is 437 g/mol. The summed E-state index contributed by atoms with van der Waals surface area (Å²) >= 11 is 18.6. The highest BCUT2D eigenvalue weighted by Gasteiger charge is 2.32. The lowest BCUT2D eigenvalue weighted by Crippen LogP contribution is -2.22. The highest BCUT2D eigenvalue weighted by atomic mass is 35.5. The number of hydrogen-bond acceptors (Lipinski definition) is 6. The fourth-order valence-corrected chi connectivity index (χ4v) is 3.81. The van der Waals surface area contributed by atoms with E-state index in [4.69, 9.17) is 35.4 Å². The fourth-order valence-electron chi connectivity index (χ4n) is 2.15. The van der Waals surface area contributed by atoms with Crippen molar-refractivity contribution in [3.8, 4) is 0 Å². The van der Waals surface area contributed by atoms with Gasteiger partial charge in [0, 0.05) is 27.7 Å². The van der Waals surface area contributed by atoms with Gasteiger partial charge in [-0.15, -0.1) is 0 Å². The van der Waals surface area contributed by atoms with E-state index in [1.165, 1.54) is 30.5 Å². The molecule has 0 saturated carbocycles. The van der Waals surface area contributed by atoms with Gasteiger partial charge in [-0.1, -0.05) is 41.0 Å². The molecule has 0 N–H and O–H groups in total. The third-order valence-corrected chi connectivity index (χ3v) is 5.42. The van der Waals surface area contributed by atoms with Crippen molar-refractivity contribution in [3.05, 3.63) is 78.7 Å². The van der Waals surface area contributed by atoms with Crippen LogP contribution < -0.4 is 0 Å². The Kier molecular flexibility index (Phi) is 5.91. The number of hydrazone groups is 1. The summed E-state index contributed by atoms with van der Waals surface area (Å²) in [5.41, 5.74) is 1.09. The van der Waals surface area contributed by atoms with Crippen LogP contribution in [-0.4, -0.2) is 26.4 Å². The van der Waals surface area contributed by atoms with Gasteiger partial charge in [-0.25, -0.2) is 0 Å². The molecule has 2 aromatic rings. The number of benzene rings is 2. The number of nitro groups is 1. The lowest BCUT2D eigenvalue weighted by molar-refractivity contribution is -0.384. The molecule has 0 unspecified atom stereocenters. The molecule has 0 aliphatic carbocycles. The molecule has 2 aromatic carbocycles. The lowest BCUT2D eigenvalue weighted by atomic mass is 10.2. The van der Waals surface area contributed by atoms with E-state index in [0.29, 0.717) is 26.1 Å². The number of amides is 1. The van der Waals surface area contributed by atoms with Crippen molar-refractivity contribution in [2.45, 2.75) is 0 Å². The Bertz CT molecular complexity index is 987. The maximum atomic E-state index is 12.6. The van der Waals surface area contributed by atoms with Gasteiger partial charge >= 0.3 is 0 Å². The number of rotatable bonds is 4. The van der Waals surface area contributed by atoms with E-state index in [-0.39, 0.29) is 10.0 Å². The number of thioether (sulfide) groups is 1. The summed E-state index contributed by atoms with van der Waals surface area (Å²) in [6.07, 6.45) is 2.98. The van der Waals surface area contributed by atoms with Crippen molar-refractivity contribution in [1.29, 1.82) is 0 Å². The van der Waals surface area contributed by atoms with Gasteiger partial charge in [-0.2, -0.15) is 10.1 Å². The van der Waals surface area contributed by atoms with Crippen LogP contribution in [0.3, 0.4) is 0 Å². The number of nitrogens with zero attached hydrogens (tertiary/aromatic N) is 3. The van der Waals surface area contributed by atoms with Crippen molar-refractivity contribution in [3.63, 3.8) is 0 Å². The second-order valence-electron chi connectivity index (χ2n) is 5.22. The molecule has 27 heavy (non-hydrogen) atoms. The first-order chi connectivity index (χ1) is 12.9. The Hall–Kier alpha value is -2.26. The number of nitro benzene ring substituents is 1. The Labute approximate surface area is 173 Å². The zero-order chi connectivity index (χ0) is 19.6. The van der Waals surface area contributed by atoms with Gasteiger partial charge in [0.2, 0.25) is 0 Å². The van der Waals surface area contributed by atoms with Crippen LogP contribution in [0, 0.1) is 10.1 Å². The van der Waals surface area contributed by atoms with Gasteiger partial charge in [0.1, 0.15) is 0 Å². The van der Waals surface area contributed by atoms with Crippen molar-refractivity contribution < 1.29 is 9.72 Å². The van der Waals surface area contributed by atoms with Gasteiger partial charge in [-0.3, -0.25) is 14.9 Å². The first kappa shape index (κ1) is 19.5. The highest BCUT2D eigenvalue weighted by molar-refractivity contribution is 8.26. The van der Waals surface area contributed by atoms with Crippen LogP contribution in [0.15, 0.2) is 52.5 Å². The zero-order valence-electron chi connectivity index (χ0n) is 13.3. The van der Waals surface area contributed by atoms with E-state index in [2.05, 4.69) is 5.10 Å². The first-order valence-corrected chi connectivity index (χ1v) is 9.35. The third-order valence-electron chi connectivity index (χ3n) is 3.47. The maximum Gasteiger partial charge on any atom is 0.286 e. The molecule has 1 saturated heterocycles. The summed E-state index contributed by atoms with van der Waals surface area (Å²) in [7, 11) is 0. The Morgan fingerprint density at radius 1 is 1.15 bits per heavy atom. The molecule has 0 aromatic heterocycles. The zero-order valence-corrected chi connectivity index (χ0v) is 16.5. The van der Waals surface area contributed by atoms with Crippen LogP contribution in [-0.2, 0) is 4.79 Å². The van der Waals surface area contributed by atoms with Crippen molar-refractivity contribution in [2.24, 2.45) is 5.10 Å². The topological polar surface area (TPSA) is 75.8 Å². The SMILES string of the molecule is O=C1/C(=C\c2c(Cl)cccc2Cl)SC(=S)N1/N=C/c1ccc([N+](=O)[O-])cc1. The van der Waals surface area contributed by atoms with Crippen LogP contribution in [0.4, 0.5) is 5.69 Å². The molecule has 10 heteroatoms. The molecule has 3 rings (SSSR count). The number of carbonyl (C=O) groups is 1. The van der Waals surface area contributed by atoms with E-state index in [1.807, 2.05) is 0 Å². The van der Waals surface area contributed by atoms with E-state index >= 15 is 0 Å².